The van der Waals surface area contributed by atoms with Gasteiger partial charge in [0.1, 0.15) is 0 Å². The lowest BCUT2D eigenvalue weighted by Crippen LogP contribution is -1.85. The van der Waals surface area contributed by atoms with Crippen LogP contribution in [0.25, 0.3) is 0 Å². The standard InChI is InChI=1S/C3H7O2S/c1-3-5-6(2)4/h3H,1-2H3. The van der Waals surface area contributed by atoms with Crippen LogP contribution in [0.1, 0.15) is 6.92 Å². The van der Waals surface area contributed by atoms with Gasteiger partial charge in [-0.15, -0.1) is 0 Å². The molecule has 0 aliphatic heterocycles. The predicted molar refractivity (Wildman–Crippen MR) is 25.1 cm³/mol. The van der Waals surface area contributed by atoms with Gasteiger partial charge in [-0.3, -0.25) is 4.18 Å². The van der Waals surface area contributed by atoms with Gasteiger partial charge in [0, 0.05) is 6.26 Å². The lowest BCUT2D eigenvalue weighted by Gasteiger charge is -1.85. The van der Waals surface area contributed by atoms with Crippen LogP contribution in [0.5, 0.6) is 0 Å². The lowest BCUT2D eigenvalue weighted by atomic mass is 10.9. The first-order valence-corrected chi connectivity index (χ1v) is 3.04. The number of hydrogen-bond donors (Lipinski definition) is 0. The second-order valence-electron chi connectivity index (χ2n) is 0.733. The molecule has 0 spiro atoms. The maximum Gasteiger partial charge on any atom is 0.152 e. The van der Waals surface area contributed by atoms with Crippen LogP contribution in [-0.2, 0) is 15.3 Å². The maximum absolute atomic E-state index is 9.90. The molecule has 37 valence electrons. The minimum absolute atomic E-state index is 1.12. The van der Waals surface area contributed by atoms with Crippen LogP contribution in [0.3, 0.4) is 0 Å². The summed E-state index contributed by atoms with van der Waals surface area (Å²) in [5.41, 5.74) is 0. The average Bonchev–Trinajstić information content (AvgIpc) is 1.35. The van der Waals surface area contributed by atoms with Crippen LogP contribution in [0, 0.1) is 6.61 Å². The third-order valence-corrected chi connectivity index (χ3v) is 0.695. The molecule has 0 bridgehead atoms. The molecule has 0 rings (SSSR count). The van der Waals surface area contributed by atoms with Crippen molar-refractivity contribution in [2.75, 3.05) is 6.26 Å². The highest BCUT2D eigenvalue weighted by molar-refractivity contribution is 7.79. The van der Waals surface area contributed by atoms with Gasteiger partial charge < -0.3 is 0 Å². The van der Waals surface area contributed by atoms with Gasteiger partial charge >= 0.3 is 0 Å². The molecule has 6 heavy (non-hydrogen) atoms. The van der Waals surface area contributed by atoms with Crippen molar-refractivity contribution in [2.45, 2.75) is 6.92 Å². The summed E-state index contributed by atoms with van der Waals surface area (Å²) >= 11 is -1.12. The fraction of sp³-hybridized carbons (Fsp3) is 0.667. The molecule has 0 aromatic heterocycles. The van der Waals surface area contributed by atoms with Gasteiger partial charge in [-0.25, -0.2) is 4.21 Å². The molecule has 0 aliphatic carbocycles. The van der Waals surface area contributed by atoms with Crippen LogP contribution >= 0.6 is 0 Å². The van der Waals surface area contributed by atoms with E-state index in [0.717, 1.165) is 0 Å². The molecule has 3 heteroatoms. The second kappa shape index (κ2) is 3.31. The van der Waals surface area contributed by atoms with E-state index in [-0.39, 0.29) is 0 Å². The third kappa shape index (κ3) is 4.11. The molecule has 2 nitrogen and oxygen atoms in total. The van der Waals surface area contributed by atoms with E-state index in [1.165, 1.54) is 12.9 Å². The smallest absolute Gasteiger partial charge is 0.152 e. The van der Waals surface area contributed by atoms with Gasteiger partial charge in [0.25, 0.3) is 0 Å². The fourth-order valence-corrected chi connectivity index (χ4v) is 0.407. The van der Waals surface area contributed by atoms with Gasteiger partial charge in [0.05, 0.1) is 6.61 Å². The molecule has 0 amide bonds. The highest BCUT2D eigenvalue weighted by Gasteiger charge is 1.80. The summed E-state index contributed by atoms with van der Waals surface area (Å²) in [5, 5.41) is 0. The van der Waals surface area contributed by atoms with Gasteiger partial charge in [-0.05, 0) is 6.92 Å². The lowest BCUT2D eigenvalue weighted by molar-refractivity contribution is 0.451. The van der Waals surface area contributed by atoms with E-state index in [4.69, 9.17) is 0 Å². The van der Waals surface area contributed by atoms with Crippen molar-refractivity contribution in [1.82, 2.24) is 0 Å². The topological polar surface area (TPSA) is 26.3 Å². The van der Waals surface area contributed by atoms with Crippen LogP contribution in [0.2, 0.25) is 0 Å². The predicted octanol–water partition coefficient (Wildman–Crippen LogP) is 0.478. The molecule has 0 saturated heterocycles. The fourth-order valence-electron chi connectivity index (χ4n) is 0.136. The average molecular weight is 107 g/mol. The minimum atomic E-state index is -1.12. The minimum Gasteiger partial charge on any atom is -0.285 e. The first-order valence-electron chi connectivity index (χ1n) is 1.55. The van der Waals surface area contributed by atoms with Crippen molar-refractivity contribution in [2.24, 2.45) is 0 Å². The van der Waals surface area contributed by atoms with Crippen LogP contribution in [-0.4, -0.2) is 10.5 Å². The van der Waals surface area contributed by atoms with E-state index < -0.39 is 11.1 Å². The first-order chi connectivity index (χ1) is 2.77. The zero-order valence-corrected chi connectivity index (χ0v) is 4.62. The van der Waals surface area contributed by atoms with Crippen molar-refractivity contribution in [3.63, 3.8) is 0 Å². The molecule has 0 N–H and O–H groups in total. The Morgan fingerprint density at radius 3 is 2.33 bits per heavy atom. The summed E-state index contributed by atoms with van der Waals surface area (Å²) in [7, 11) is 0. The quantitative estimate of drug-likeness (QED) is 0.513. The van der Waals surface area contributed by atoms with E-state index in [9.17, 15) is 4.21 Å². The Bertz CT molecular complexity index is 52.8. The molecule has 1 radical (unpaired) electrons. The van der Waals surface area contributed by atoms with E-state index in [1.807, 2.05) is 0 Å². The Balaban J connectivity index is 2.83. The Morgan fingerprint density at radius 1 is 1.83 bits per heavy atom. The van der Waals surface area contributed by atoms with Crippen molar-refractivity contribution < 1.29 is 8.39 Å². The van der Waals surface area contributed by atoms with Gasteiger partial charge in [-0.2, -0.15) is 0 Å². The molecule has 1 atom stereocenters. The Hall–Kier alpha value is 0.110. The molecule has 0 aliphatic rings. The molecular formula is C3H7O2S. The Kier molecular flexibility index (Phi) is 3.37. The molecule has 0 aromatic carbocycles. The molecule has 0 heterocycles. The largest absolute Gasteiger partial charge is 0.285 e. The van der Waals surface area contributed by atoms with Crippen molar-refractivity contribution in [3.8, 4) is 0 Å². The summed E-state index contributed by atoms with van der Waals surface area (Å²) in [6, 6.07) is 0. The molecular weight excluding hydrogens is 100 g/mol. The van der Waals surface area contributed by atoms with E-state index in [0.29, 0.717) is 0 Å². The number of hydrogen-bond acceptors (Lipinski definition) is 2. The van der Waals surface area contributed by atoms with Crippen molar-refractivity contribution in [3.05, 3.63) is 6.61 Å². The maximum atomic E-state index is 9.90. The SMILES string of the molecule is C[CH]OS(C)=O. The van der Waals surface area contributed by atoms with Crippen molar-refractivity contribution >= 4 is 11.1 Å². The second-order valence-corrected chi connectivity index (χ2v) is 1.73. The Labute approximate surface area is 40.2 Å². The first kappa shape index (κ1) is 6.11. The van der Waals surface area contributed by atoms with Crippen molar-refractivity contribution in [1.29, 1.82) is 0 Å². The molecule has 0 fully saturated rings. The summed E-state index contributed by atoms with van der Waals surface area (Å²) < 4.78 is 14.3. The summed E-state index contributed by atoms with van der Waals surface area (Å²) in [6.45, 7) is 3.08. The zero-order valence-electron chi connectivity index (χ0n) is 3.80. The summed E-state index contributed by atoms with van der Waals surface area (Å²) in [4.78, 5) is 0. The van der Waals surface area contributed by atoms with Gasteiger partial charge in [0.15, 0.2) is 11.1 Å². The van der Waals surface area contributed by atoms with E-state index >= 15 is 0 Å². The Morgan fingerprint density at radius 2 is 2.33 bits per heavy atom. The van der Waals surface area contributed by atoms with Gasteiger partial charge in [0.2, 0.25) is 0 Å². The van der Waals surface area contributed by atoms with E-state index in [2.05, 4.69) is 4.18 Å². The molecule has 0 saturated carbocycles. The zero-order chi connectivity index (χ0) is 4.99. The highest BCUT2D eigenvalue weighted by atomic mass is 32.2. The molecule has 1 unspecified atom stereocenters. The highest BCUT2D eigenvalue weighted by Crippen LogP contribution is 1.79. The van der Waals surface area contributed by atoms with Crippen LogP contribution in [0.4, 0.5) is 0 Å². The summed E-state index contributed by atoms with van der Waals surface area (Å²) in [6.07, 6.45) is 1.47. The van der Waals surface area contributed by atoms with Gasteiger partial charge in [-0.1, -0.05) is 0 Å². The summed E-state index contributed by atoms with van der Waals surface area (Å²) in [5.74, 6) is 0. The molecule has 0 aromatic rings. The van der Waals surface area contributed by atoms with Crippen LogP contribution < -0.4 is 0 Å². The third-order valence-electron chi connectivity index (χ3n) is 0.232. The van der Waals surface area contributed by atoms with Crippen LogP contribution in [0.15, 0.2) is 0 Å². The van der Waals surface area contributed by atoms with E-state index in [1.54, 1.807) is 6.92 Å². The number of rotatable bonds is 2. The monoisotopic (exact) mass is 107 g/mol. The normalized spacial score (nSPS) is 14.3.